The average molecular weight is 240 g/mol. The molecule has 0 aliphatic heterocycles. The molecule has 0 radical (unpaired) electrons. The molecule has 2 rings (SSSR count). The fourth-order valence-corrected chi connectivity index (χ4v) is 1.72. The van der Waals surface area contributed by atoms with Gasteiger partial charge < -0.3 is 4.57 Å². The number of rotatable bonds is 3. The van der Waals surface area contributed by atoms with Crippen LogP contribution in [0.1, 0.15) is 13.3 Å². The van der Waals surface area contributed by atoms with E-state index in [2.05, 4.69) is 10.2 Å². The first-order valence-electron chi connectivity index (χ1n) is 5.06. The highest BCUT2D eigenvalue weighted by molar-refractivity contribution is 6.31. The predicted molar refractivity (Wildman–Crippen MR) is 60.7 cm³/mol. The fraction of sp³-hybridized carbons (Fsp3) is 0.273. The van der Waals surface area contributed by atoms with Gasteiger partial charge in [0.1, 0.15) is 6.33 Å². The van der Waals surface area contributed by atoms with Gasteiger partial charge >= 0.3 is 0 Å². The number of aryl methyl sites for hydroxylation is 1. The zero-order valence-corrected chi connectivity index (χ0v) is 9.58. The summed E-state index contributed by atoms with van der Waals surface area (Å²) in [4.78, 5) is 0. The van der Waals surface area contributed by atoms with E-state index in [0.29, 0.717) is 11.4 Å². The standard InChI is InChI=1S/C11H11ClFN3/c1-2-6-16-7-14-15-11(16)8-4-3-5-9(12)10(8)13/h3-5,7H,2,6H2,1H3. The van der Waals surface area contributed by atoms with Crippen LogP contribution in [0.25, 0.3) is 11.4 Å². The van der Waals surface area contributed by atoms with E-state index in [4.69, 9.17) is 11.6 Å². The van der Waals surface area contributed by atoms with Crippen LogP contribution in [0.15, 0.2) is 24.5 Å². The number of hydrogen-bond acceptors (Lipinski definition) is 2. The lowest BCUT2D eigenvalue weighted by atomic mass is 10.2. The third-order valence-corrected chi connectivity index (χ3v) is 2.56. The Balaban J connectivity index is 2.50. The first-order chi connectivity index (χ1) is 7.74. The first-order valence-corrected chi connectivity index (χ1v) is 5.44. The van der Waals surface area contributed by atoms with Gasteiger partial charge in [-0.3, -0.25) is 0 Å². The molecule has 0 fully saturated rings. The molecule has 16 heavy (non-hydrogen) atoms. The lowest BCUT2D eigenvalue weighted by Crippen LogP contribution is -2.00. The van der Waals surface area contributed by atoms with E-state index in [1.807, 2.05) is 11.5 Å². The summed E-state index contributed by atoms with van der Waals surface area (Å²) in [6, 6.07) is 4.87. The minimum atomic E-state index is -0.450. The van der Waals surface area contributed by atoms with Crippen LogP contribution in [-0.2, 0) is 6.54 Å². The smallest absolute Gasteiger partial charge is 0.166 e. The zero-order chi connectivity index (χ0) is 11.5. The van der Waals surface area contributed by atoms with Gasteiger partial charge in [-0.2, -0.15) is 0 Å². The van der Waals surface area contributed by atoms with Gasteiger partial charge in [-0.05, 0) is 18.6 Å². The second-order valence-corrected chi connectivity index (χ2v) is 3.86. The van der Waals surface area contributed by atoms with E-state index in [1.165, 1.54) is 6.07 Å². The molecule has 0 aliphatic rings. The van der Waals surface area contributed by atoms with Crippen molar-refractivity contribution in [3.05, 3.63) is 35.4 Å². The van der Waals surface area contributed by atoms with Crippen LogP contribution < -0.4 is 0 Å². The minimum absolute atomic E-state index is 0.101. The van der Waals surface area contributed by atoms with Crippen LogP contribution in [0.2, 0.25) is 5.02 Å². The summed E-state index contributed by atoms with van der Waals surface area (Å²) in [6.07, 6.45) is 2.53. The van der Waals surface area contributed by atoms with Crippen molar-refractivity contribution in [2.45, 2.75) is 19.9 Å². The van der Waals surface area contributed by atoms with Crippen molar-refractivity contribution in [3.63, 3.8) is 0 Å². The first kappa shape index (κ1) is 11.1. The largest absolute Gasteiger partial charge is 0.314 e. The Hall–Kier alpha value is -1.42. The molecule has 1 aromatic carbocycles. The third kappa shape index (κ3) is 1.93. The zero-order valence-electron chi connectivity index (χ0n) is 8.82. The Labute approximate surface area is 97.9 Å². The molecule has 0 bridgehead atoms. The minimum Gasteiger partial charge on any atom is -0.314 e. The Morgan fingerprint density at radius 1 is 1.44 bits per heavy atom. The monoisotopic (exact) mass is 239 g/mol. The van der Waals surface area contributed by atoms with E-state index < -0.39 is 5.82 Å². The van der Waals surface area contributed by atoms with Crippen molar-refractivity contribution in [1.82, 2.24) is 14.8 Å². The van der Waals surface area contributed by atoms with Crippen molar-refractivity contribution in [1.29, 1.82) is 0 Å². The number of hydrogen-bond donors (Lipinski definition) is 0. The number of aromatic nitrogens is 3. The highest BCUT2D eigenvalue weighted by Crippen LogP contribution is 2.25. The van der Waals surface area contributed by atoms with E-state index >= 15 is 0 Å². The molecule has 0 aliphatic carbocycles. The third-order valence-electron chi connectivity index (χ3n) is 2.27. The van der Waals surface area contributed by atoms with Crippen LogP contribution in [0.4, 0.5) is 4.39 Å². The van der Waals surface area contributed by atoms with Crippen molar-refractivity contribution in [3.8, 4) is 11.4 Å². The SMILES string of the molecule is CCCn1cnnc1-c1cccc(Cl)c1F. The summed E-state index contributed by atoms with van der Waals surface area (Å²) in [5.41, 5.74) is 0.387. The van der Waals surface area contributed by atoms with Gasteiger partial charge in [0.15, 0.2) is 11.6 Å². The summed E-state index contributed by atoms with van der Waals surface area (Å²) < 4.78 is 15.6. The molecule has 0 amide bonds. The van der Waals surface area contributed by atoms with Crippen LogP contribution in [0.5, 0.6) is 0 Å². The Bertz CT molecular complexity index is 496. The molecule has 0 N–H and O–H groups in total. The Morgan fingerprint density at radius 3 is 3.00 bits per heavy atom. The van der Waals surface area contributed by atoms with Gasteiger partial charge in [-0.1, -0.05) is 24.6 Å². The maximum absolute atomic E-state index is 13.8. The molecule has 3 nitrogen and oxygen atoms in total. The molecular weight excluding hydrogens is 229 g/mol. The van der Waals surface area contributed by atoms with E-state index in [1.54, 1.807) is 18.5 Å². The lowest BCUT2D eigenvalue weighted by Gasteiger charge is -2.06. The van der Waals surface area contributed by atoms with Crippen molar-refractivity contribution in [2.75, 3.05) is 0 Å². The number of benzene rings is 1. The topological polar surface area (TPSA) is 30.7 Å². The summed E-state index contributed by atoms with van der Waals surface area (Å²) in [5.74, 6) is 0.0661. The van der Waals surface area contributed by atoms with Crippen LogP contribution in [0.3, 0.4) is 0 Å². The van der Waals surface area contributed by atoms with Crippen LogP contribution in [-0.4, -0.2) is 14.8 Å². The van der Waals surface area contributed by atoms with Gasteiger partial charge in [-0.25, -0.2) is 4.39 Å². The second kappa shape index (κ2) is 4.61. The highest BCUT2D eigenvalue weighted by Gasteiger charge is 2.13. The summed E-state index contributed by atoms with van der Waals surface area (Å²) in [6.45, 7) is 2.80. The highest BCUT2D eigenvalue weighted by atomic mass is 35.5. The van der Waals surface area contributed by atoms with E-state index in [-0.39, 0.29) is 5.02 Å². The second-order valence-electron chi connectivity index (χ2n) is 3.45. The molecule has 0 saturated carbocycles. The van der Waals surface area contributed by atoms with Gasteiger partial charge in [0.25, 0.3) is 0 Å². The van der Waals surface area contributed by atoms with Gasteiger partial charge in [-0.15, -0.1) is 10.2 Å². The predicted octanol–water partition coefficient (Wildman–Crippen LogP) is 3.15. The molecule has 5 heteroatoms. The normalized spacial score (nSPS) is 10.7. The molecule has 0 spiro atoms. The van der Waals surface area contributed by atoms with Crippen LogP contribution >= 0.6 is 11.6 Å². The molecular formula is C11H11ClFN3. The summed E-state index contributed by atoms with van der Waals surface area (Å²) >= 11 is 5.73. The quantitative estimate of drug-likeness (QED) is 0.824. The van der Waals surface area contributed by atoms with Gasteiger partial charge in [0.05, 0.1) is 10.6 Å². The molecule has 0 unspecified atom stereocenters. The molecule has 1 heterocycles. The Morgan fingerprint density at radius 2 is 2.25 bits per heavy atom. The summed E-state index contributed by atoms with van der Waals surface area (Å²) in [7, 11) is 0. The summed E-state index contributed by atoms with van der Waals surface area (Å²) in [5, 5.41) is 7.81. The Kier molecular flexibility index (Phi) is 3.19. The van der Waals surface area contributed by atoms with Crippen molar-refractivity contribution in [2.24, 2.45) is 0 Å². The molecule has 0 saturated heterocycles. The molecule has 1 aromatic heterocycles. The van der Waals surface area contributed by atoms with Crippen molar-refractivity contribution < 1.29 is 4.39 Å². The maximum Gasteiger partial charge on any atom is 0.166 e. The number of nitrogens with zero attached hydrogens (tertiary/aromatic N) is 3. The van der Waals surface area contributed by atoms with E-state index in [0.717, 1.165) is 13.0 Å². The van der Waals surface area contributed by atoms with E-state index in [9.17, 15) is 4.39 Å². The lowest BCUT2D eigenvalue weighted by molar-refractivity contribution is 0.624. The average Bonchev–Trinajstić information content (AvgIpc) is 2.71. The van der Waals surface area contributed by atoms with Crippen LogP contribution in [0, 0.1) is 5.82 Å². The maximum atomic E-state index is 13.8. The molecule has 2 aromatic rings. The number of halogens is 2. The van der Waals surface area contributed by atoms with Gasteiger partial charge in [0, 0.05) is 6.54 Å². The van der Waals surface area contributed by atoms with Gasteiger partial charge in [0.2, 0.25) is 0 Å². The fourth-order valence-electron chi connectivity index (χ4n) is 1.54. The molecule has 0 atom stereocenters. The molecule has 84 valence electrons. The van der Waals surface area contributed by atoms with Crippen molar-refractivity contribution >= 4 is 11.6 Å².